The molecule has 0 unspecified atom stereocenters. The van der Waals surface area contributed by atoms with E-state index in [2.05, 4.69) is 20.3 Å². The number of ether oxygens (including phenoxy) is 2. The number of anilines is 2. The number of nitro groups is 1. The third kappa shape index (κ3) is 4.44. The Kier molecular flexibility index (Phi) is 5.64. The number of hydrogen-bond donors (Lipinski definition) is 1. The molecule has 3 aromatic carbocycles. The number of fused-ring (bicyclic) bond motifs is 1. The van der Waals surface area contributed by atoms with Crippen LogP contribution in [0.15, 0.2) is 97.5 Å². The van der Waals surface area contributed by atoms with Crippen molar-refractivity contribution in [2.45, 2.75) is 0 Å². The molecule has 1 N–H and O–H groups in total. The molecule has 0 amide bonds. The average molecular weight is 451 g/mol. The van der Waals surface area contributed by atoms with Gasteiger partial charge in [-0.3, -0.25) is 15.1 Å². The number of nitrogens with zero attached hydrogens (tertiary/aromatic N) is 4. The molecule has 9 nitrogen and oxygen atoms in total. The van der Waals surface area contributed by atoms with Crippen LogP contribution in [0.5, 0.6) is 23.1 Å². The summed E-state index contributed by atoms with van der Waals surface area (Å²) in [6, 6.07) is 25.4. The van der Waals surface area contributed by atoms with E-state index < -0.39 is 4.92 Å². The van der Waals surface area contributed by atoms with Crippen molar-refractivity contribution in [2.24, 2.45) is 0 Å². The van der Waals surface area contributed by atoms with Gasteiger partial charge in [0.25, 0.3) is 0 Å². The minimum Gasteiger partial charge on any atom is -0.457 e. The second-order valence-electron chi connectivity index (χ2n) is 7.13. The number of rotatable bonds is 7. The Hall–Kier alpha value is -5.05. The van der Waals surface area contributed by atoms with Crippen molar-refractivity contribution in [1.82, 2.24) is 15.0 Å². The molecular weight excluding hydrogens is 434 g/mol. The van der Waals surface area contributed by atoms with Crippen LogP contribution in [0, 0.1) is 10.1 Å². The van der Waals surface area contributed by atoms with Gasteiger partial charge in [-0.05, 0) is 48.5 Å². The number of aromatic nitrogens is 3. The summed E-state index contributed by atoms with van der Waals surface area (Å²) >= 11 is 0. The first-order chi connectivity index (χ1) is 16.7. The first-order valence-electron chi connectivity index (χ1n) is 10.3. The van der Waals surface area contributed by atoms with Crippen LogP contribution < -0.4 is 14.8 Å². The standard InChI is InChI=1S/C25H17N5O4/c31-30(32)23-24(29-18-11-13-20(14-12-18)33-19-8-2-1-3-9-19)27-16-28-25(23)34-21-10-4-6-17-7-5-15-26-22(17)21/h1-16H,(H,27,28,29). The molecule has 2 heterocycles. The van der Waals surface area contributed by atoms with Gasteiger partial charge in [-0.15, -0.1) is 0 Å². The minimum absolute atomic E-state index is 0.0000707. The number of nitrogens with one attached hydrogen (secondary N) is 1. The highest BCUT2D eigenvalue weighted by molar-refractivity contribution is 5.84. The zero-order chi connectivity index (χ0) is 23.3. The van der Waals surface area contributed by atoms with Crippen molar-refractivity contribution in [3.05, 3.63) is 108 Å². The molecule has 5 rings (SSSR count). The van der Waals surface area contributed by atoms with Crippen LogP contribution in [-0.4, -0.2) is 19.9 Å². The molecule has 0 aliphatic heterocycles. The molecule has 0 aliphatic rings. The van der Waals surface area contributed by atoms with Crippen molar-refractivity contribution in [2.75, 3.05) is 5.32 Å². The number of pyridine rings is 1. The fraction of sp³-hybridized carbons (Fsp3) is 0. The molecule has 0 spiro atoms. The van der Waals surface area contributed by atoms with E-state index in [1.807, 2.05) is 42.5 Å². The van der Waals surface area contributed by atoms with Crippen LogP contribution in [0.4, 0.5) is 17.2 Å². The van der Waals surface area contributed by atoms with Crippen LogP contribution in [0.2, 0.25) is 0 Å². The average Bonchev–Trinajstić information content (AvgIpc) is 2.86. The lowest BCUT2D eigenvalue weighted by Gasteiger charge is -2.11. The van der Waals surface area contributed by atoms with E-state index in [9.17, 15) is 10.1 Å². The van der Waals surface area contributed by atoms with Gasteiger partial charge in [-0.1, -0.05) is 36.4 Å². The maximum atomic E-state index is 11.9. The first-order valence-corrected chi connectivity index (χ1v) is 10.3. The molecule has 0 atom stereocenters. The fourth-order valence-corrected chi connectivity index (χ4v) is 3.32. The van der Waals surface area contributed by atoms with E-state index in [1.165, 1.54) is 6.33 Å². The Morgan fingerprint density at radius 2 is 1.53 bits per heavy atom. The fourth-order valence-electron chi connectivity index (χ4n) is 3.32. The molecule has 5 aromatic rings. The van der Waals surface area contributed by atoms with Gasteiger partial charge in [0, 0.05) is 17.3 Å². The van der Waals surface area contributed by atoms with Crippen LogP contribution in [0.25, 0.3) is 10.9 Å². The predicted molar refractivity (Wildman–Crippen MR) is 127 cm³/mol. The third-order valence-corrected chi connectivity index (χ3v) is 4.87. The summed E-state index contributed by atoms with van der Waals surface area (Å²) in [4.78, 5) is 23.7. The lowest BCUT2D eigenvalue weighted by molar-refractivity contribution is -0.385. The van der Waals surface area contributed by atoms with E-state index in [1.54, 1.807) is 48.7 Å². The van der Waals surface area contributed by atoms with Gasteiger partial charge < -0.3 is 14.8 Å². The molecule has 0 aliphatic carbocycles. The Balaban J connectivity index is 1.41. The highest BCUT2D eigenvalue weighted by Crippen LogP contribution is 2.37. The van der Waals surface area contributed by atoms with Crippen molar-refractivity contribution in [1.29, 1.82) is 0 Å². The number of para-hydroxylation sites is 2. The van der Waals surface area contributed by atoms with Crippen molar-refractivity contribution < 1.29 is 14.4 Å². The molecule has 0 fully saturated rings. The minimum atomic E-state index is -0.580. The van der Waals surface area contributed by atoms with Crippen molar-refractivity contribution in [3.8, 4) is 23.1 Å². The van der Waals surface area contributed by atoms with Crippen molar-refractivity contribution >= 4 is 28.1 Å². The van der Waals surface area contributed by atoms with E-state index in [4.69, 9.17) is 9.47 Å². The van der Waals surface area contributed by atoms with Crippen molar-refractivity contribution in [3.63, 3.8) is 0 Å². The van der Waals surface area contributed by atoms with Gasteiger partial charge in [0.1, 0.15) is 23.3 Å². The zero-order valence-electron chi connectivity index (χ0n) is 17.7. The first kappa shape index (κ1) is 20.8. The maximum absolute atomic E-state index is 11.9. The lowest BCUT2D eigenvalue weighted by atomic mass is 10.2. The molecule has 0 radical (unpaired) electrons. The Morgan fingerprint density at radius 3 is 2.32 bits per heavy atom. The van der Waals surface area contributed by atoms with E-state index in [-0.39, 0.29) is 17.4 Å². The van der Waals surface area contributed by atoms with E-state index in [0.717, 1.165) is 5.39 Å². The normalized spacial score (nSPS) is 10.6. The molecule has 34 heavy (non-hydrogen) atoms. The maximum Gasteiger partial charge on any atom is 0.373 e. The topological polar surface area (TPSA) is 112 Å². The third-order valence-electron chi connectivity index (χ3n) is 4.87. The van der Waals surface area contributed by atoms with Gasteiger partial charge in [-0.25, -0.2) is 4.98 Å². The highest BCUT2D eigenvalue weighted by atomic mass is 16.6. The summed E-state index contributed by atoms with van der Waals surface area (Å²) in [5.74, 6) is 1.50. The molecule has 2 aromatic heterocycles. The summed E-state index contributed by atoms with van der Waals surface area (Å²) in [6.45, 7) is 0. The molecule has 9 heteroatoms. The summed E-state index contributed by atoms with van der Waals surface area (Å²) in [5, 5.41) is 15.7. The lowest BCUT2D eigenvalue weighted by Crippen LogP contribution is -2.03. The second kappa shape index (κ2) is 9.21. The van der Waals surface area contributed by atoms with Crippen LogP contribution in [-0.2, 0) is 0 Å². The van der Waals surface area contributed by atoms with Crippen LogP contribution >= 0.6 is 0 Å². The summed E-state index contributed by atoms with van der Waals surface area (Å²) in [5.41, 5.74) is 0.765. The van der Waals surface area contributed by atoms with Crippen LogP contribution in [0.3, 0.4) is 0 Å². The molecular formula is C25H17N5O4. The summed E-state index contributed by atoms with van der Waals surface area (Å²) in [7, 11) is 0. The van der Waals surface area contributed by atoms with Gasteiger partial charge in [0.15, 0.2) is 5.75 Å². The van der Waals surface area contributed by atoms with Gasteiger partial charge in [0.05, 0.1) is 4.92 Å². The molecule has 0 saturated carbocycles. The highest BCUT2D eigenvalue weighted by Gasteiger charge is 2.26. The molecule has 0 saturated heterocycles. The summed E-state index contributed by atoms with van der Waals surface area (Å²) in [6.07, 6.45) is 2.83. The second-order valence-corrected chi connectivity index (χ2v) is 7.13. The Bertz CT molecular complexity index is 1450. The van der Waals surface area contributed by atoms with Gasteiger partial charge >= 0.3 is 11.6 Å². The quantitative estimate of drug-likeness (QED) is 0.228. The Labute approximate surface area is 193 Å². The number of benzene rings is 3. The van der Waals surface area contributed by atoms with E-state index in [0.29, 0.717) is 28.5 Å². The van der Waals surface area contributed by atoms with E-state index >= 15 is 0 Å². The summed E-state index contributed by atoms with van der Waals surface area (Å²) < 4.78 is 11.6. The monoisotopic (exact) mass is 451 g/mol. The largest absolute Gasteiger partial charge is 0.457 e. The number of hydrogen-bond acceptors (Lipinski definition) is 8. The predicted octanol–water partition coefficient (Wildman–Crippen LogP) is 6.26. The Morgan fingerprint density at radius 1 is 0.765 bits per heavy atom. The zero-order valence-corrected chi connectivity index (χ0v) is 17.7. The van der Waals surface area contributed by atoms with Crippen LogP contribution in [0.1, 0.15) is 0 Å². The smallest absolute Gasteiger partial charge is 0.373 e. The van der Waals surface area contributed by atoms with Gasteiger partial charge in [0.2, 0.25) is 5.82 Å². The molecule has 166 valence electrons. The SMILES string of the molecule is O=[N+]([O-])c1c(Nc2ccc(Oc3ccccc3)cc2)ncnc1Oc1cccc2cccnc12. The van der Waals surface area contributed by atoms with Gasteiger partial charge in [-0.2, -0.15) is 4.98 Å². The molecule has 0 bridgehead atoms.